The maximum atomic E-state index is 12.5. The molecule has 3 rings (SSSR count). The van der Waals surface area contributed by atoms with E-state index >= 15 is 0 Å². The van der Waals surface area contributed by atoms with Gasteiger partial charge in [0.15, 0.2) is 5.69 Å². The second-order valence-electron chi connectivity index (χ2n) is 5.43. The van der Waals surface area contributed by atoms with Crippen LogP contribution in [0.15, 0.2) is 40.9 Å². The molecule has 0 aliphatic carbocycles. The van der Waals surface area contributed by atoms with Crippen LogP contribution in [0.4, 0.5) is 0 Å². The van der Waals surface area contributed by atoms with E-state index in [1.807, 2.05) is 30.3 Å². The number of aryl methyl sites for hydroxylation is 1. The molecule has 21 heavy (non-hydrogen) atoms. The predicted octanol–water partition coefficient (Wildman–Crippen LogP) is 1.80. The van der Waals surface area contributed by atoms with Gasteiger partial charge < -0.3 is 14.5 Å². The second kappa shape index (κ2) is 5.69. The molecule has 110 valence electrons. The first-order chi connectivity index (χ1) is 10.1. The van der Waals surface area contributed by atoms with Gasteiger partial charge in [-0.3, -0.25) is 4.79 Å². The Bertz CT molecular complexity index is 623. The highest BCUT2D eigenvalue weighted by Crippen LogP contribution is 2.24. The van der Waals surface area contributed by atoms with Gasteiger partial charge in [-0.2, -0.15) is 0 Å². The molecule has 5 heteroatoms. The smallest absolute Gasteiger partial charge is 0.276 e. The molecule has 0 bridgehead atoms. The largest absolute Gasteiger partial charge is 0.391 e. The highest BCUT2D eigenvalue weighted by atomic mass is 16.5. The number of hydrogen-bond acceptors (Lipinski definition) is 4. The number of aliphatic hydroxyl groups excluding tert-OH is 1. The molecule has 1 aliphatic heterocycles. The van der Waals surface area contributed by atoms with E-state index in [1.54, 1.807) is 17.9 Å². The highest BCUT2D eigenvalue weighted by molar-refractivity contribution is 5.92. The number of aromatic nitrogens is 1. The Balaban J connectivity index is 1.79. The lowest BCUT2D eigenvalue weighted by Crippen LogP contribution is -2.41. The SMILES string of the molecule is Cc1cc(C(=O)N2CC[C@@H](O)[C@@H]2Cc2ccccc2)no1. The molecular weight excluding hydrogens is 268 g/mol. The fraction of sp³-hybridized carbons (Fsp3) is 0.375. The molecule has 5 nitrogen and oxygen atoms in total. The third-order valence-electron chi connectivity index (χ3n) is 3.91. The summed E-state index contributed by atoms with van der Waals surface area (Å²) in [6.07, 6.45) is 0.743. The van der Waals surface area contributed by atoms with Gasteiger partial charge in [-0.05, 0) is 25.3 Å². The van der Waals surface area contributed by atoms with Crippen molar-refractivity contribution in [2.75, 3.05) is 6.54 Å². The van der Waals surface area contributed by atoms with Crippen LogP contribution in [0.2, 0.25) is 0 Å². The van der Waals surface area contributed by atoms with Crippen LogP contribution in [-0.2, 0) is 6.42 Å². The number of benzene rings is 1. The summed E-state index contributed by atoms with van der Waals surface area (Å²) in [7, 11) is 0. The Morgan fingerprint density at radius 3 is 2.86 bits per heavy atom. The van der Waals surface area contributed by atoms with Crippen molar-refractivity contribution in [2.24, 2.45) is 0 Å². The number of nitrogens with zero attached hydrogens (tertiary/aromatic N) is 2. The molecule has 2 atom stereocenters. The molecule has 1 aliphatic rings. The summed E-state index contributed by atoms with van der Waals surface area (Å²) in [6, 6.07) is 11.3. The van der Waals surface area contributed by atoms with Crippen molar-refractivity contribution in [3.8, 4) is 0 Å². The normalized spacial score (nSPS) is 21.7. The standard InChI is InChI=1S/C16H18N2O3/c1-11-9-13(17-21-11)16(20)18-8-7-15(19)14(18)10-12-5-3-2-4-6-12/h2-6,9,14-15,19H,7-8,10H2,1H3/t14-,15+/m0/s1. The van der Waals surface area contributed by atoms with Gasteiger partial charge in [0.1, 0.15) is 5.76 Å². The number of carbonyl (C=O) groups is 1. The minimum absolute atomic E-state index is 0.177. The van der Waals surface area contributed by atoms with Gasteiger partial charge in [0.25, 0.3) is 5.91 Å². The molecule has 2 aromatic rings. The first kappa shape index (κ1) is 13.8. The van der Waals surface area contributed by atoms with Crippen LogP contribution in [0.25, 0.3) is 0 Å². The first-order valence-corrected chi connectivity index (χ1v) is 7.11. The fourth-order valence-corrected chi connectivity index (χ4v) is 2.81. The number of carbonyl (C=O) groups excluding carboxylic acids is 1. The zero-order valence-electron chi connectivity index (χ0n) is 11.9. The number of aliphatic hydroxyl groups is 1. The van der Waals surface area contributed by atoms with E-state index in [4.69, 9.17) is 4.52 Å². The van der Waals surface area contributed by atoms with Crippen LogP contribution in [0.1, 0.15) is 28.2 Å². The summed E-state index contributed by atoms with van der Waals surface area (Å²) >= 11 is 0. The average molecular weight is 286 g/mol. The van der Waals surface area contributed by atoms with Gasteiger partial charge in [0.2, 0.25) is 0 Å². The highest BCUT2D eigenvalue weighted by Gasteiger charge is 2.37. The minimum atomic E-state index is -0.498. The van der Waals surface area contributed by atoms with Crippen molar-refractivity contribution < 1.29 is 14.4 Å². The Morgan fingerprint density at radius 1 is 1.43 bits per heavy atom. The lowest BCUT2D eigenvalue weighted by molar-refractivity contribution is 0.0630. The summed E-state index contributed by atoms with van der Waals surface area (Å²) in [5.41, 5.74) is 1.41. The van der Waals surface area contributed by atoms with E-state index in [2.05, 4.69) is 5.16 Å². The van der Waals surface area contributed by atoms with E-state index in [1.165, 1.54) is 0 Å². The number of hydrogen-bond donors (Lipinski definition) is 1. The molecule has 1 aromatic heterocycles. The van der Waals surface area contributed by atoms with Gasteiger partial charge in [-0.15, -0.1) is 0 Å². The molecule has 1 amide bonds. The van der Waals surface area contributed by atoms with Crippen LogP contribution < -0.4 is 0 Å². The quantitative estimate of drug-likeness (QED) is 0.934. The lowest BCUT2D eigenvalue weighted by Gasteiger charge is -2.25. The van der Waals surface area contributed by atoms with Gasteiger partial charge in [0, 0.05) is 12.6 Å². The molecular formula is C16H18N2O3. The molecule has 0 saturated carbocycles. The Kier molecular flexibility index (Phi) is 3.75. The van der Waals surface area contributed by atoms with Gasteiger partial charge in [0.05, 0.1) is 12.1 Å². The maximum Gasteiger partial charge on any atom is 0.276 e. The van der Waals surface area contributed by atoms with E-state index < -0.39 is 6.10 Å². The topological polar surface area (TPSA) is 66.6 Å². The van der Waals surface area contributed by atoms with Crippen molar-refractivity contribution >= 4 is 5.91 Å². The van der Waals surface area contributed by atoms with Gasteiger partial charge in [-0.1, -0.05) is 35.5 Å². The van der Waals surface area contributed by atoms with E-state index in [0.29, 0.717) is 30.8 Å². The molecule has 1 N–H and O–H groups in total. The van der Waals surface area contributed by atoms with Crippen molar-refractivity contribution in [1.82, 2.24) is 10.1 Å². The Labute approximate surface area is 123 Å². The minimum Gasteiger partial charge on any atom is -0.391 e. The number of rotatable bonds is 3. The molecule has 1 saturated heterocycles. The number of amides is 1. The van der Waals surface area contributed by atoms with Crippen molar-refractivity contribution in [1.29, 1.82) is 0 Å². The van der Waals surface area contributed by atoms with Crippen molar-refractivity contribution in [3.63, 3.8) is 0 Å². The molecule has 0 unspecified atom stereocenters. The maximum absolute atomic E-state index is 12.5. The Hall–Kier alpha value is -2.14. The summed E-state index contributed by atoms with van der Waals surface area (Å²) in [5.74, 6) is 0.432. The van der Waals surface area contributed by atoms with Crippen molar-refractivity contribution in [3.05, 3.63) is 53.4 Å². The van der Waals surface area contributed by atoms with Crippen LogP contribution in [0.5, 0.6) is 0 Å². The molecule has 2 heterocycles. The predicted molar refractivity (Wildman–Crippen MR) is 76.8 cm³/mol. The second-order valence-corrected chi connectivity index (χ2v) is 5.43. The van der Waals surface area contributed by atoms with E-state index in [-0.39, 0.29) is 11.9 Å². The molecule has 1 aromatic carbocycles. The molecule has 1 fully saturated rings. The third kappa shape index (κ3) is 2.83. The van der Waals surface area contributed by atoms with Crippen LogP contribution >= 0.6 is 0 Å². The first-order valence-electron chi connectivity index (χ1n) is 7.11. The van der Waals surface area contributed by atoms with Gasteiger partial charge >= 0.3 is 0 Å². The van der Waals surface area contributed by atoms with Crippen LogP contribution in [0.3, 0.4) is 0 Å². The number of likely N-dealkylation sites (tertiary alicyclic amines) is 1. The summed E-state index contributed by atoms with van der Waals surface area (Å²) < 4.78 is 4.97. The van der Waals surface area contributed by atoms with Crippen LogP contribution in [0, 0.1) is 6.92 Å². The van der Waals surface area contributed by atoms with Crippen LogP contribution in [-0.4, -0.2) is 39.8 Å². The molecule has 0 spiro atoms. The summed E-state index contributed by atoms with van der Waals surface area (Å²) in [5, 5.41) is 14.0. The zero-order valence-corrected chi connectivity index (χ0v) is 11.9. The fourth-order valence-electron chi connectivity index (χ4n) is 2.81. The van der Waals surface area contributed by atoms with Crippen molar-refractivity contribution in [2.45, 2.75) is 31.9 Å². The molecule has 0 radical (unpaired) electrons. The third-order valence-corrected chi connectivity index (χ3v) is 3.91. The van der Waals surface area contributed by atoms with E-state index in [0.717, 1.165) is 5.56 Å². The summed E-state index contributed by atoms with van der Waals surface area (Å²) in [6.45, 7) is 2.30. The zero-order chi connectivity index (χ0) is 14.8. The monoisotopic (exact) mass is 286 g/mol. The summed E-state index contributed by atoms with van der Waals surface area (Å²) in [4.78, 5) is 14.2. The van der Waals surface area contributed by atoms with E-state index in [9.17, 15) is 9.90 Å². The average Bonchev–Trinajstić information content (AvgIpc) is 3.07. The van der Waals surface area contributed by atoms with Gasteiger partial charge in [-0.25, -0.2) is 0 Å². The Morgan fingerprint density at radius 2 is 2.19 bits per heavy atom. The lowest BCUT2D eigenvalue weighted by atomic mass is 10.0.